The number of phenolic OH excluding ortho intramolecular Hbond substituents is 4. The van der Waals surface area contributed by atoms with Crippen LogP contribution >= 0.6 is 0 Å². The normalized spacial score (nSPS) is 20.4. The summed E-state index contributed by atoms with van der Waals surface area (Å²) in [5.41, 5.74) is 10.9. The van der Waals surface area contributed by atoms with Crippen LogP contribution in [-0.4, -0.2) is 20.4 Å². The summed E-state index contributed by atoms with van der Waals surface area (Å²) in [5, 5.41) is 48.6. The smallest absolute Gasteiger partial charge is 0.128 e. The fourth-order valence-electron chi connectivity index (χ4n) is 7.10. The average molecular weight is 570 g/mol. The van der Waals surface area contributed by atoms with Crippen LogP contribution in [0.3, 0.4) is 0 Å². The van der Waals surface area contributed by atoms with E-state index in [9.17, 15) is 20.4 Å². The molecule has 7 rings (SSSR count). The van der Waals surface area contributed by atoms with Crippen LogP contribution in [0.5, 0.6) is 23.0 Å². The molecule has 1 heterocycles. The summed E-state index contributed by atoms with van der Waals surface area (Å²) >= 11 is 0. The highest BCUT2D eigenvalue weighted by Crippen LogP contribution is 2.59. The van der Waals surface area contributed by atoms with Crippen LogP contribution < -0.4 is 5.32 Å². The summed E-state index contributed by atoms with van der Waals surface area (Å²) in [5.74, 6) is -0.0425. The van der Waals surface area contributed by atoms with Crippen molar-refractivity contribution in [3.8, 4) is 45.3 Å². The van der Waals surface area contributed by atoms with Gasteiger partial charge in [0, 0.05) is 40.0 Å². The molecule has 2 fully saturated rings. The highest BCUT2D eigenvalue weighted by Gasteiger charge is 2.56. The summed E-state index contributed by atoms with van der Waals surface area (Å²) in [4.78, 5) is 0. The van der Waals surface area contributed by atoms with Gasteiger partial charge in [-0.2, -0.15) is 0 Å². The van der Waals surface area contributed by atoms with E-state index in [1.807, 2.05) is 37.3 Å². The maximum absolute atomic E-state index is 11.3. The van der Waals surface area contributed by atoms with Crippen LogP contribution in [0.25, 0.3) is 27.8 Å². The molecule has 0 aromatic heterocycles. The van der Waals surface area contributed by atoms with E-state index in [2.05, 4.69) is 54.4 Å². The van der Waals surface area contributed by atoms with Gasteiger partial charge in [-0.15, -0.1) is 5.73 Å². The van der Waals surface area contributed by atoms with Gasteiger partial charge in [0.2, 0.25) is 0 Å². The minimum Gasteiger partial charge on any atom is -0.507 e. The van der Waals surface area contributed by atoms with Crippen molar-refractivity contribution >= 4 is 5.57 Å². The predicted molar refractivity (Wildman–Crippen MR) is 170 cm³/mol. The van der Waals surface area contributed by atoms with Gasteiger partial charge in [-0.25, -0.2) is 0 Å². The van der Waals surface area contributed by atoms with Gasteiger partial charge >= 0.3 is 0 Å². The second-order valence-corrected chi connectivity index (χ2v) is 12.0. The Hall–Kier alpha value is -4.70. The summed E-state index contributed by atoms with van der Waals surface area (Å²) in [6.45, 7) is 4.06. The molecule has 1 saturated heterocycles. The third-order valence-electron chi connectivity index (χ3n) is 9.26. The first-order chi connectivity index (χ1) is 20.8. The third kappa shape index (κ3) is 4.44. The van der Waals surface area contributed by atoms with Crippen molar-refractivity contribution in [2.24, 2.45) is 0 Å². The van der Waals surface area contributed by atoms with Crippen molar-refractivity contribution in [2.75, 3.05) is 0 Å². The molecule has 4 aromatic carbocycles. The number of nitrogens with one attached hydrogen (secondary N) is 1. The fraction of sp³-hybridized carbons (Fsp3) is 0.237. The first-order valence-electron chi connectivity index (χ1n) is 15.1. The molecule has 216 valence electrons. The molecule has 0 spiro atoms. The van der Waals surface area contributed by atoms with E-state index >= 15 is 0 Å². The second kappa shape index (κ2) is 10.2. The Kier molecular flexibility index (Phi) is 6.46. The monoisotopic (exact) mass is 569 g/mol. The zero-order valence-electron chi connectivity index (χ0n) is 24.4. The predicted octanol–water partition coefficient (Wildman–Crippen LogP) is 8.48. The van der Waals surface area contributed by atoms with E-state index in [0.29, 0.717) is 27.8 Å². The molecule has 43 heavy (non-hydrogen) atoms. The largest absolute Gasteiger partial charge is 0.507 e. The minimum absolute atomic E-state index is 0.00785. The maximum Gasteiger partial charge on any atom is 0.128 e. The highest BCUT2D eigenvalue weighted by atomic mass is 16.3. The standard InChI is InChI=1S/C38H35NO4/c1-3-19-38(27-17-15-24(16-18-27)23-9-5-4-6-10-23)37(39-38)33-22(2)32(28(40)20-29(33)41)36-31(43)21-30(42)34(25-11-7-8-12-25)35(36)26-13-14-26/h4-11,15-18,20-21,26,37,39-43H,3,13-14,19H2,1-2H3. The molecule has 5 heteroatoms. The van der Waals surface area contributed by atoms with Crippen molar-refractivity contribution in [3.05, 3.63) is 119 Å². The van der Waals surface area contributed by atoms with E-state index < -0.39 is 0 Å². The van der Waals surface area contributed by atoms with Crippen LogP contribution in [0.2, 0.25) is 0 Å². The van der Waals surface area contributed by atoms with E-state index in [0.717, 1.165) is 53.5 Å². The summed E-state index contributed by atoms with van der Waals surface area (Å²) in [6, 6.07) is 21.5. The molecule has 0 bridgehead atoms. The van der Waals surface area contributed by atoms with E-state index in [1.165, 1.54) is 12.1 Å². The van der Waals surface area contributed by atoms with Gasteiger partial charge in [0.15, 0.2) is 0 Å². The Morgan fingerprint density at radius 1 is 0.791 bits per heavy atom. The SMILES string of the molecule is CCCC1(c2ccc(-c3ccccc3)cc2)NC1c1c(O)cc(O)c(-c2c(O)cc(O)c(C3=C=CC=C3)c2C2CC2)c1C. The average Bonchev–Trinajstić information content (AvgIpc) is 3.91. The zero-order valence-corrected chi connectivity index (χ0v) is 24.4. The molecule has 1 saturated carbocycles. The number of benzene rings is 4. The maximum atomic E-state index is 11.3. The lowest BCUT2D eigenvalue weighted by atomic mass is 9.81. The molecular formula is C38H35NO4. The van der Waals surface area contributed by atoms with Crippen molar-refractivity contribution in [3.63, 3.8) is 0 Å². The van der Waals surface area contributed by atoms with Gasteiger partial charge in [-0.3, -0.25) is 5.32 Å². The molecule has 2 atom stereocenters. The number of hydrogen-bond acceptors (Lipinski definition) is 5. The lowest BCUT2D eigenvalue weighted by Gasteiger charge is -2.23. The van der Waals surface area contributed by atoms with Gasteiger partial charge in [0.05, 0.1) is 11.6 Å². The van der Waals surface area contributed by atoms with Crippen LogP contribution in [0.1, 0.15) is 72.4 Å². The first-order valence-corrected chi connectivity index (χ1v) is 15.1. The number of aromatic hydroxyl groups is 4. The van der Waals surface area contributed by atoms with E-state index in [4.69, 9.17) is 0 Å². The zero-order chi connectivity index (χ0) is 29.9. The van der Waals surface area contributed by atoms with Crippen molar-refractivity contribution in [1.82, 2.24) is 5.32 Å². The number of hydrogen-bond donors (Lipinski definition) is 5. The molecule has 5 N–H and O–H groups in total. The van der Waals surface area contributed by atoms with Crippen LogP contribution in [0.15, 0.2) is 90.7 Å². The highest BCUT2D eigenvalue weighted by molar-refractivity contribution is 5.92. The number of allylic oxidation sites excluding steroid dienone is 3. The molecule has 2 unspecified atom stereocenters. The Balaban J connectivity index is 1.35. The molecule has 3 aliphatic rings. The minimum atomic E-state index is -0.369. The molecule has 4 aromatic rings. The third-order valence-corrected chi connectivity index (χ3v) is 9.26. The van der Waals surface area contributed by atoms with Gasteiger partial charge < -0.3 is 20.4 Å². The first kappa shape index (κ1) is 27.2. The number of rotatable bonds is 8. The molecule has 0 amide bonds. The van der Waals surface area contributed by atoms with Crippen molar-refractivity contribution < 1.29 is 20.4 Å². The van der Waals surface area contributed by atoms with Gasteiger partial charge in [-0.1, -0.05) is 74.0 Å². The van der Waals surface area contributed by atoms with Gasteiger partial charge in [0.25, 0.3) is 0 Å². The Morgan fingerprint density at radius 3 is 2.09 bits per heavy atom. The van der Waals surface area contributed by atoms with Gasteiger partial charge in [0.1, 0.15) is 23.0 Å². The van der Waals surface area contributed by atoms with Crippen molar-refractivity contribution in [1.29, 1.82) is 0 Å². The molecule has 1 aliphatic heterocycles. The molecule has 5 nitrogen and oxygen atoms in total. The van der Waals surface area contributed by atoms with Crippen LogP contribution in [0, 0.1) is 6.92 Å². The molecule has 2 aliphatic carbocycles. The summed E-state index contributed by atoms with van der Waals surface area (Å²) < 4.78 is 0. The topological polar surface area (TPSA) is 103 Å². The summed E-state index contributed by atoms with van der Waals surface area (Å²) in [6.07, 6.45) is 9.24. The Morgan fingerprint density at radius 2 is 1.44 bits per heavy atom. The van der Waals surface area contributed by atoms with Crippen LogP contribution in [0.4, 0.5) is 0 Å². The lowest BCUT2D eigenvalue weighted by molar-refractivity contribution is 0.440. The number of phenols is 4. The van der Waals surface area contributed by atoms with Crippen molar-refractivity contribution in [2.45, 2.75) is 57.0 Å². The Labute approximate surface area is 251 Å². The fourth-order valence-corrected chi connectivity index (χ4v) is 7.10. The van der Waals surface area contributed by atoms with Gasteiger partial charge in [-0.05, 0) is 72.1 Å². The molecule has 0 radical (unpaired) electrons. The molecular weight excluding hydrogens is 534 g/mol. The summed E-state index contributed by atoms with van der Waals surface area (Å²) in [7, 11) is 0. The van der Waals surface area contributed by atoms with E-state index in [-0.39, 0.29) is 40.5 Å². The Bertz CT molecular complexity index is 1840. The van der Waals surface area contributed by atoms with E-state index in [1.54, 1.807) is 6.08 Å². The second-order valence-electron chi connectivity index (χ2n) is 12.0. The lowest BCUT2D eigenvalue weighted by Crippen LogP contribution is -2.13. The quantitative estimate of drug-likeness (QED) is 0.108. The van der Waals surface area contributed by atoms with Crippen LogP contribution in [-0.2, 0) is 5.54 Å².